The van der Waals surface area contributed by atoms with Crippen LogP contribution in [0.15, 0.2) is 97.3 Å². The van der Waals surface area contributed by atoms with Gasteiger partial charge in [-0.1, -0.05) is 42.8 Å². The quantitative estimate of drug-likeness (QED) is 0.0739. The van der Waals surface area contributed by atoms with Crippen LogP contribution in [-0.4, -0.2) is 188 Å². The summed E-state index contributed by atoms with van der Waals surface area (Å²) >= 11 is 2.91. The van der Waals surface area contributed by atoms with Gasteiger partial charge in [0.05, 0.1) is 18.7 Å². The van der Waals surface area contributed by atoms with E-state index in [0.717, 1.165) is 11.1 Å². The number of thioether (sulfide) groups is 2. The minimum atomic E-state index is -1.54. The monoisotopic (exact) mass is 1390 g/mol. The number of benzene rings is 4. The molecule has 0 saturated carbocycles. The second kappa shape index (κ2) is 34.2. The lowest BCUT2D eigenvalue weighted by atomic mass is 9.95. The fourth-order valence-electron chi connectivity index (χ4n) is 12.7. The molecule has 5 heterocycles. The molecule has 1 unspecified atom stereocenters. The van der Waals surface area contributed by atoms with Gasteiger partial charge in [0.15, 0.2) is 0 Å². The number of hydrogen-bond acceptors (Lipinski definition) is 16. The van der Waals surface area contributed by atoms with Crippen LogP contribution in [0.1, 0.15) is 93.0 Å². The smallest absolute Gasteiger partial charge is 0.246 e. The molecule has 15 N–H and O–H groups in total. The number of amides is 9. The number of H-pyrrole nitrogens is 2. The number of carbonyl (C=O) groups excluding carboxylic acids is 9. The predicted octanol–water partition coefficient (Wildman–Crippen LogP) is 3.07. The number of carbonyl (C=O) groups is 9. The molecule has 10 atom stereocenters. The maximum Gasteiger partial charge on any atom is 0.246 e. The minimum absolute atomic E-state index is 0.0138. The molecule has 6 aromatic rings. The van der Waals surface area contributed by atoms with Crippen LogP contribution in [0.2, 0.25) is 0 Å². The number of methoxy groups -OCH3 is 1. The van der Waals surface area contributed by atoms with Crippen molar-refractivity contribution in [2.24, 2.45) is 11.5 Å². The number of unbranched alkanes of at least 4 members (excludes halogenated alkanes) is 1. The Bertz CT molecular complexity index is 3840. The van der Waals surface area contributed by atoms with Crippen molar-refractivity contribution >= 4 is 98.5 Å². The summed E-state index contributed by atoms with van der Waals surface area (Å²) in [5, 5.41) is 41.8. The van der Waals surface area contributed by atoms with Gasteiger partial charge < -0.3 is 78.1 Å². The first-order valence-electron chi connectivity index (χ1n) is 32.9. The molecule has 2 bridgehead atoms. The predicted molar refractivity (Wildman–Crippen MR) is 367 cm³/mol. The van der Waals surface area contributed by atoms with E-state index in [2.05, 4.69) is 47.2 Å². The molecule has 0 aliphatic carbocycles. The van der Waals surface area contributed by atoms with E-state index < -0.39 is 132 Å². The van der Waals surface area contributed by atoms with E-state index in [4.69, 9.17) is 16.2 Å². The van der Waals surface area contributed by atoms with Crippen LogP contribution < -0.4 is 48.7 Å². The van der Waals surface area contributed by atoms with Crippen molar-refractivity contribution in [1.82, 2.24) is 57.0 Å². The van der Waals surface area contributed by atoms with Gasteiger partial charge in [-0.2, -0.15) is 23.5 Å². The zero-order valence-corrected chi connectivity index (χ0v) is 56.6. The van der Waals surface area contributed by atoms with E-state index in [9.17, 15) is 47.8 Å². The molecule has 0 radical (unpaired) electrons. The van der Waals surface area contributed by atoms with Crippen molar-refractivity contribution in [2.45, 2.75) is 156 Å². The highest BCUT2D eigenvalue weighted by Crippen LogP contribution is 2.32. The van der Waals surface area contributed by atoms with E-state index in [-0.39, 0.29) is 76.0 Å². The molecule has 2 aromatic heterocycles. The van der Waals surface area contributed by atoms with Crippen LogP contribution in [0.25, 0.3) is 21.8 Å². The van der Waals surface area contributed by atoms with Crippen LogP contribution in [0.3, 0.4) is 0 Å². The third-order valence-corrected chi connectivity index (χ3v) is 20.5. The molecule has 526 valence electrons. The van der Waals surface area contributed by atoms with E-state index >= 15 is 14.4 Å². The van der Waals surface area contributed by atoms with Gasteiger partial charge in [-0.25, -0.2) is 8.78 Å². The minimum Gasteiger partial charge on any atom is -0.508 e. The Balaban J connectivity index is 1.04. The van der Waals surface area contributed by atoms with E-state index in [0.29, 0.717) is 81.6 Å². The maximum absolute atomic E-state index is 15.4. The standard InChI is InChI=1S/C69H87F2N13O12S2/c1-39(96-3)60-65(92)80-54(28-40-13-17-47(85)18-14-40)67(94)84-25-8-22-69(84,2)68(95)81-56(61(73)88)38-98-37-42-10-6-9-41(27-42)36-97-26-21-58(86)77-52(11-4-5-23-72)62(89)76-35-59(87)78-53(29-43-33-74-50-19-15-45(70)31-48(43)50)63(90)79-55(66(93)83-24-7-12-57(83)64(91)82-60)30-44-34-75-51-20-16-46(71)32-49(44)51/h6,9-10,13-20,27,31-34,39,52-58,60,74-75,77,85-86H,4-5,7-8,11-12,21-26,28-30,35-38,72H2,1-3H3,(H2,73,88)(H,76,89)(H,78,87)(H,79,90)(H,80,92)(H,81,95)(H,82,91)/t39-,52+,53+,54+,55+,56+,57+,58?,60+,69+/m1/s1. The van der Waals surface area contributed by atoms with Crippen molar-refractivity contribution in [3.05, 3.63) is 137 Å². The number of ether oxygens (including phenoxy) is 1. The number of aromatic hydroxyl groups is 1. The van der Waals surface area contributed by atoms with Gasteiger partial charge in [0, 0.05) is 90.9 Å². The molecular formula is C69H87F2N13O12S2. The fourth-order valence-corrected chi connectivity index (χ4v) is 14.7. The molecular weight excluding hydrogens is 1300 g/mol. The Morgan fingerprint density at radius 2 is 1.36 bits per heavy atom. The zero-order chi connectivity index (χ0) is 70.2. The summed E-state index contributed by atoms with van der Waals surface area (Å²) in [7, 11) is 1.31. The van der Waals surface area contributed by atoms with Crippen molar-refractivity contribution in [2.75, 3.05) is 44.8 Å². The first-order chi connectivity index (χ1) is 47.0. The second-order valence-corrected chi connectivity index (χ2v) is 27.5. The first kappa shape index (κ1) is 73.6. The van der Waals surface area contributed by atoms with Crippen molar-refractivity contribution in [1.29, 1.82) is 0 Å². The lowest BCUT2D eigenvalue weighted by Gasteiger charge is -2.37. The third-order valence-electron chi connectivity index (χ3n) is 18.3. The topological polar surface area (TPSA) is 378 Å². The molecule has 98 heavy (non-hydrogen) atoms. The molecule has 2 fully saturated rings. The lowest BCUT2D eigenvalue weighted by molar-refractivity contribution is -0.147. The first-order valence-corrected chi connectivity index (χ1v) is 35.2. The SMILES string of the molecule is CO[C@H](C)[C@@H]1NC(=O)[C@@H]2CCCN2C(=O)[C@H](Cc2c[nH]c3ccc(F)cc23)NC(=O)[C@H](Cc2c[nH]c3ccc(F)cc23)NC(=O)CNC(=O)[C@H](CCCCN)NC(O)CCSCc2cccc(c2)CSC[C@@H](C(N)=O)NC(=O)[C@]2(C)CCCN2C(=O)[C@H](Cc2ccc(O)cc2)NC1=O. The fraction of sp³-hybridized carbons (Fsp3) is 0.464. The zero-order valence-electron chi connectivity index (χ0n) is 55.0. The molecule has 3 aliphatic heterocycles. The molecule has 0 spiro atoms. The van der Waals surface area contributed by atoms with Gasteiger partial charge in [-0.3, -0.25) is 48.5 Å². The van der Waals surface area contributed by atoms with Gasteiger partial charge in [0.2, 0.25) is 53.2 Å². The van der Waals surface area contributed by atoms with Crippen molar-refractivity contribution in [3.63, 3.8) is 0 Å². The van der Waals surface area contributed by atoms with Crippen LogP contribution in [-0.2, 0) is 78.7 Å². The number of hydrogen-bond donors (Lipinski definition) is 13. The Morgan fingerprint density at radius 1 is 0.714 bits per heavy atom. The summed E-state index contributed by atoms with van der Waals surface area (Å²) in [6.45, 7) is 2.86. The Hall–Kier alpha value is -8.61. The molecule has 25 nitrogen and oxygen atoms in total. The van der Waals surface area contributed by atoms with Crippen LogP contribution in [0.5, 0.6) is 5.75 Å². The number of fused-ring (bicyclic) bond motifs is 6. The van der Waals surface area contributed by atoms with E-state index in [1.165, 1.54) is 84.1 Å². The number of aliphatic hydroxyl groups is 1. The molecule has 9 amide bonds. The Morgan fingerprint density at radius 3 is 2.01 bits per heavy atom. The Kier molecular flexibility index (Phi) is 25.7. The number of phenols is 1. The highest BCUT2D eigenvalue weighted by molar-refractivity contribution is 7.98. The van der Waals surface area contributed by atoms with Gasteiger partial charge in [-0.05, 0) is 147 Å². The Labute approximate surface area is 574 Å². The number of aliphatic hydroxyl groups excluding tert-OH is 1. The molecule has 2 saturated heterocycles. The highest BCUT2D eigenvalue weighted by atomic mass is 32.2. The summed E-state index contributed by atoms with van der Waals surface area (Å²) in [5.41, 5.74) is 14.4. The number of nitrogens with two attached hydrogens (primary N) is 2. The largest absolute Gasteiger partial charge is 0.508 e. The van der Waals surface area contributed by atoms with Gasteiger partial charge >= 0.3 is 0 Å². The number of primary amides is 1. The summed E-state index contributed by atoms with van der Waals surface area (Å²) in [5.74, 6) is -6.57. The molecule has 4 aromatic carbocycles. The summed E-state index contributed by atoms with van der Waals surface area (Å²) < 4.78 is 35.5. The van der Waals surface area contributed by atoms with Crippen molar-refractivity contribution < 1.29 is 66.9 Å². The number of aromatic amines is 2. The molecule has 3 aliphatic rings. The van der Waals surface area contributed by atoms with Crippen LogP contribution in [0, 0.1) is 11.6 Å². The molecule has 9 rings (SSSR count). The average Bonchev–Trinajstić information content (AvgIpc) is 1.60. The maximum atomic E-state index is 15.4. The number of aromatic nitrogens is 2. The van der Waals surface area contributed by atoms with E-state index in [1.54, 1.807) is 43.2 Å². The number of nitrogens with zero attached hydrogens (tertiary/aromatic N) is 2. The third kappa shape index (κ3) is 19.0. The lowest BCUT2D eigenvalue weighted by Crippen LogP contribution is -2.64. The molecule has 29 heteroatoms. The number of halogens is 2. The normalized spacial score (nSPS) is 24.9. The second-order valence-electron chi connectivity index (χ2n) is 25.4. The number of nitrogens with one attached hydrogen (secondary N) is 9. The van der Waals surface area contributed by atoms with Crippen LogP contribution in [0.4, 0.5) is 8.78 Å². The summed E-state index contributed by atoms with van der Waals surface area (Å²) in [6, 6.07) is 12.4. The highest BCUT2D eigenvalue weighted by Gasteiger charge is 2.49. The van der Waals surface area contributed by atoms with Crippen molar-refractivity contribution in [3.8, 4) is 5.75 Å². The number of phenolic OH excluding ortho intramolecular Hbond substituents is 1. The van der Waals surface area contributed by atoms with Gasteiger partial charge in [-0.15, -0.1) is 0 Å². The number of rotatable bonds is 13. The van der Waals surface area contributed by atoms with Gasteiger partial charge in [0.1, 0.15) is 65.4 Å². The van der Waals surface area contributed by atoms with Gasteiger partial charge in [0.25, 0.3) is 0 Å². The van der Waals surface area contributed by atoms with Crippen LogP contribution >= 0.6 is 23.5 Å². The summed E-state index contributed by atoms with van der Waals surface area (Å²) in [6.07, 6.45) is 2.64. The summed E-state index contributed by atoms with van der Waals surface area (Å²) in [4.78, 5) is 140. The average molecular weight is 1390 g/mol. The van der Waals surface area contributed by atoms with E-state index in [1.807, 2.05) is 24.3 Å².